The van der Waals surface area contributed by atoms with Crippen LogP contribution in [0.5, 0.6) is 0 Å². The Kier molecular flexibility index (Phi) is 4.10. The first-order valence-electron chi connectivity index (χ1n) is 8.83. The van der Waals surface area contributed by atoms with Crippen LogP contribution in [-0.4, -0.2) is 22.9 Å². The van der Waals surface area contributed by atoms with Crippen molar-refractivity contribution in [3.63, 3.8) is 0 Å². The second-order valence-electron chi connectivity index (χ2n) is 6.78. The summed E-state index contributed by atoms with van der Waals surface area (Å²) in [5, 5.41) is 11.6. The van der Waals surface area contributed by atoms with E-state index >= 15 is 0 Å². The fraction of sp³-hybridized carbons (Fsp3) is 0.273. The van der Waals surface area contributed by atoms with Crippen LogP contribution in [0.25, 0.3) is 27.5 Å². The Balaban J connectivity index is 1.89. The topological polar surface area (TPSA) is 34.4 Å². The summed E-state index contributed by atoms with van der Waals surface area (Å²) in [5.74, 6) is 1.25. The number of aliphatic hydroxyl groups excluding tert-OH is 1. The molecule has 4 rings (SSSR count). The molecule has 0 fully saturated rings. The van der Waals surface area contributed by atoms with Crippen molar-refractivity contribution in [3.8, 4) is 0 Å². The molecule has 0 saturated heterocycles. The Bertz CT molecular complexity index is 994. The standard InChI is InChI=1S/C22H23NO2/c1-15-7-9-21-19(13-15)18-5-3-4-6-20(18)23(21)17-8-10-22(16(2)14-17)25-12-11-24/h3-10,13,16,24H,11-12,14H2,1-2H3. The number of hydrogen-bond acceptors (Lipinski definition) is 2. The molecule has 1 aromatic heterocycles. The summed E-state index contributed by atoms with van der Waals surface area (Å²) in [6, 6.07) is 15.3. The summed E-state index contributed by atoms with van der Waals surface area (Å²) >= 11 is 0. The van der Waals surface area contributed by atoms with Gasteiger partial charge in [-0.05, 0) is 43.7 Å². The minimum atomic E-state index is 0.0485. The zero-order valence-corrected chi connectivity index (χ0v) is 14.7. The first kappa shape index (κ1) is 16.0. The summed E-state index contributed by atoms with van der Waals surface area (Å²) in [4.78, 5) is 0. The molecule has 0 saturated carbocycles. The summed E-state index contributed by atoms with van der Waals surface area (Å²) in [6.45, 7) is 4.72. The quantitative estimate of drug-likeness (QED) is 0.738. The average molecular weight is 333 g/mol. The van der Waals surface area contributed by atoms with E-state index in [1.165, 1.54) is 33.1 Å². The highest BCUT2D eigenvalue weighted by molar-refractivity contribution is 6.10. The number of nitrogens with zero attached hydrogens (tertiary/aromatic N) is 1. The molecule has 25 heavy (non-hydrogen) atoms. The maximum Gasteiger partial charge on any atom is 0.111 e. The lowest BCUT2D eigenvalue weighted by Gasteiger charge is -2.23. The van der Waals surface area contributed by atoms with E-state index in [1.807, 2.05) is 6.08 Å². The van der Waals surface area contributed by atoms with Crippen LogP contribution in [0.1, 0.15) is 18.9 Å². The number of fused-ring (bicyclic) bond motifs is 3. The second kappa shape index (κ2) is 6.41. The number of ether oxygens (including phenoxy) is 1. The van der Waals surface area contributed by atoms with Crippen molar-refractivity contribution in [3.05, 3.63) is 65.9 Å². The molecule has 2 aromatic carbocycles. The fourth-order valence-corrected chi connectivity index (χ4v) is 3.74. The molecule has 1 aliphatic carbocycles. The Morgan fingerprint density at radius 2 is 1.88 bits per heavy atom. The first-order valence-corrected chi connectivity index (χ1v) is 8.83. The van der Waals surface area contributed by atoms with Gasteiger partial charge in [0.25, 0.3) is 0 Å². The minimum Gasteiger partial charge on any atom is -0.495 e. The normalized spacial score (nSPS) is 17.6. The lowest BCUT2D eigenvalue weighted by atomic mass is 9.97. The van der Waals surface area contributed by atoms with Gasteiger partial charge in [-0.25, -0.2) is 0 Å². The van der Waals surface area contributed by atoms with Crippen molar-refractivity contribution >= 4 is 27.5 Å². The first-order chi connectivity index (χ1) is 12.2. The third-order valence-electron chi connectivity index (χ3n) is 4.92. The SMILES string of the molecule is Cc1ccc2c(c1)c1ccccc1n2C1=CC=C(OCCO)C(C)C1. The Labute approximate surface area is 147 Å². The lowest BCUT2D eigenvalue weighted by Crippen LogP contribution is -2.12. The van der Waals surface area contributed by atoms with Crippen LogP contribution in [0.3, 0.4) is 0 Å². The summed E-state index contributed by atoms with van der Waals surface area (Å²) in [5.41, 5.74) is 5.05. The predicted molar refractivity (Wildman–Crippen MR) is 103 cm³/mol. The van der Waals surface area contributed by atoms with Crippen LogP contribution in [0.4, 0.5) is 0 Å². The van der Waals surface area contributed by atoms with Gasteiger partial charge in [0.05, 0.1) is 23.4 Å². The van der Waals surface area contributed by atoms with Crippen molar-refractivity contribution in [2.24, 2.45) is 5.92 Å². The number of allylic oxidation sites excluding steroid dienone is 4. The molecule has 128 valence electrons. The van der Waals surface area contributed by atoms with Crippen molar-refractivity contribution < 1.29 is 9.84 Å². The number of aliphatic hydroxyl groups is 1. The molecule has 3 aromatic rings. The molecule has 0 radical (unpaired) electrons. The van der Waals surface area contributed by atoms with Gasteiger partial charge < -0.3 is 14.4 Å². The molecule has 1 unspecified atom stereocenters. The summed E-state index contributed by atoms with van der Waals surface area (Å²) in [7, 11) is 0. The van der Waals surface area contributed by atoms with Crippen molar-refractivity contribution in [2.45, 2.75) is 20.3 Å². The summed E-state index contributed by atoms with van der Waals surface area (Å²) < 4.78 is 8.03. The van der Waals surface area contributed by atoms with Crippen LogP contribution < -0.4 is 0 Å². The van der Waals surface area contributed by atoms with E-state index in [2.05, 4.69) is 67.0 Å². The van der Waals surface area contributed by atoms with Gasteiger partial charge in [0, 0.05) is 22.4 Å². The second-order valence-corrected chi connectivity index (χ2v) is 6.78. The molecular formula is C22H23NO2. The molecule has 0 amide bonds. The van der Waals surface area contributed by atoms with Gasteiger partial charge in [-0.2, -0.15) is 0 Å². The predicted octanol–water partition coefficient (Wildman–Crippen LogP) is 4.88. The van der Waals surface area contributed by atoms with E-state index in [9.17, 15) is 0 Å². The maximum atomic E-state index is 8.97. The Morgan fingerprint density at radius 1 is 1.08 bits per heavy atom. The van der Waals surface area contributed by atoms with Gasteiger partial charge in [-0.15, -0.1) is 0 Å². The number of aromatic nitrogens is 1. The van der Waals surface area contributed by atoms with Crippen LogP contribution in [-0.2, 0) is 4.74 Å². The molecule has 1 heterocycles. The van der Waals surface area contributed by atoms with Gasteiger partial charge in [0.15, 0.2) is 0 Å². The molecule has 0 aliphatic heterocycles. The van der Waals surface area contributed by atoms with Gasteiger partial charge in [-0.3, -0.25) is 0 Å². The van der Waals surface area contributed by atoms with E-state index in [1.54, 1.807) is 0 Å². The minimum absolute atomic E-state index is 0.0485. The van der Waals surface area contributed by atoms with Gasteiger partial charge >= 0.3 is 0 Å². The van der Waals surface area contributed by atoms with E-state index in [0.29, 0.717) is 12.5 Å². The average Bonchev–Trinajstić information content (AvgIpc) is 2.94. The van der Waals surface area contributed by atoms with Crippen LogP contribution >= 0.6 is 0 Å². The van der Waals surface area contributed by atoms with E-state index < -0.39 is 0 Å². The van der Waals surface area contributed by atoms with E-state index in [-0.39, 0.29) is 6.61 Å². The van der Waals surface area contributed by atoms with Gasteiger partial charge in [0.2, 0.25) is 0 Å². The maximum absolute atomic E-state index is 8.97. The largest absolute Gasteiger partial charge is 0.495 e. The number of hydrogen-bond donors (Lipinski definition) is 1. The van der Waals surface area contributed by atoms with Crippen LogP contribution in [0, 0.1) is 12.8 Å². The Hall–Kier alpha value is -2.52. The molecule has 1 atom stereocenters. The highest BCUT2D eigenvalue weighted by Gasteiger charge is 2.20. The number of rotatable bonds is 4. The Morgan fingerprint density at radius 3 is 2.68 bits per heavy atom. The smallest absolute Gasteiger partial charge is 0.111 e. The molecule has 3 heteroatoms. The molecule has 1 N–H and O–H groups in total. The number of aryl methyl sites for hydroxylation is 1. The zero-order valence-electron chi connectivity index (χ0n) is 14.7. The molecular weight excluding hydrogens is 310 g/mol. The summed E-state index contributed by atoms with van der Waals surface area (Å²) in [6.07, 6.45) is 5.12. The van der Waals surface area contributed by atoms with Crippen molar-refractivity contribution in [1.29, 1.82) is 0 Å². The van der Waals surface area contributed by atoms with Crippen molar-refractivity contribution in [2.75, 3.05) is 13.2 Å². The monoisotopic (exact) mass is 333 g/mol. The fourth-order valence-electron chi connectivity index (χ4n) is 3.74. The van der Waals surface area contributed by atoms with Crippen molar-refractivity contribution in [1.82, 2.24) is 4.57 Å². The van der Waals surface area contributed by atoms with Gasteiger partial charge in [0.1, 0.15) is 6.61 Å². The van der Waals surface area contributed by atoms with E-state index in [0.717, 1.165) is 12.2 Å². The van der Waals surface area contributed by atoms with E-state index in [4.69, 9.17) is 9.84 Å². The molecule has 0 spiro atoms. The van der Waals surface area contributed by atoms with Crippen LogP contribution in [0.2, 0.25) is 0 Å². The molecule has 0 bridgehead atoms. The lowest BCUT2D eigenvalue weighted by molar-refractivity contribution is 0.127. The highest BCUT2D eigenvalue weighted by Crippen LogP contribution is 2.36. The molecule has 3 nitrogen and oxygen atoms in total. The van der Waals surface area contributed by atoms with Crippen LogP contribution in [0.15, 0.2) is 60.4 Å². The number of para-hydroxylation sites is 1. The third-order valence-corrected chi connectivity index (χ3v) is 4.92. The highest BCUT2D eigenvalue weighted by atomic mass is 16.5. The number of benzene rings is 2. The third kappa shape index (κ3) is 2.75. The molecule has 1 aliphatic rings. The van der Waals surface area contributed by atoms with Gasteiger partial charge in [-0.1, -0.05) is 36.8 Å². The zero-order chi connectivity index (χ0) is 17.4.